The fraction of sp³-hybridized carbons (Fsp3) is 0.167. The molecule has 0 radical (unpaired) electrons. The van der Waals surface area contributed by atoms with Crippen LogP contribution in [0.15, 0.2) is 29.3 Å². The van der Waals surface area contributed by atoms with Crippen LogP contribution in [0.5, 0.6) is 11.5 Å². The zero-order valence-electron chi connectivity index (χ0n) is 10.4. The molecule has 0 saturated carbocycles. The Morgan fingerprint density at radius 1 is 1.32 bits per heavy atom. The standard InChI is InChI=1S/C12H12IN3O3/c1-18-7-3-4-8(9(5-7)19-2)16-11-10(13)12(17)15-6-14-11/h3-6H,1-2H3,(H2,14,15,16,17). The van der Waals surface area contributed by atoms with E-state index >= 15 is 0 Å². The number of H-pyrrole nitrogens is 1. The molecule has 0 fully saturated rings. The molecule has 6 nitrogen and oxygen atoms in total. The maximum atomic E-state index is 11.5. The van der Waals surface area contributed by atoms with Gasteiger partial charge in [0, 0.05) is 6.07 Å². The van der Waals surface area contributed by atoms with Crippen molar-refractivity contribution in [3.05, 3.63) is 38.5 Å². The summed E-state index contributed by atoms with van der Waals surface area (Å²) in [5, 5.41) is 3.06. The Morgan fingerprint density at radius 2 is 2.11 bits per heavy atom. The largest absolute Gasteiger partial charge is 0.497 e. The van der Waals surface area contributed by atoms with Crippen molar-refractivity contribution in [3.63, 3.8) is 0 Å². The number of nitrogens with one attached hydrogen (secondary N) is 2. The molecular formula is C12H12IN3O3. The second-order valence-corrected chi connectivity index (χ2v) is 4.66. The first-order chi connectivity index (χ1) is 9.15. The first kappa shape index (κ1) is 13.7. The summed E-state index contributed by atoms with van der Waals surface area (Å²) in [4.78, 5) is 18.1. The molecule has 2 rings (SSSR count). The number of ether oxygens (including phenoxy) is 2. The maximum absolute atomic E-state index is 11.5. The second-order valence-electron chi connectivity index (χ2n) is 3.59. The molecule has 1 aromatic carbocycles. The highest BCUT2D eigenvalue weighted by Crippen LogP contribution is 2.31. The summed E-state index contributed by atoms with van der Waals surface area (Å²) < 4.78 is 10.9. The number of aromatic nitrogens is 2. The van der Waals surface area contributed by atoms with Crippen LogP contribution in [0.4, 0.5) is 11.5 Å². The number of anilines is 2. The van der Waals surface area contributed by atoms with Crippen molar-refractivity contribution in [1.29, 1.82) is 0 Å². The van der Waals surface area contributed by atoms with Gasteiger partial charge in [-0.3, -0.25) is 4.79 Å². The van der Waals surface area contributed by atoms with Crippen LogP contribution in [0, 0.1) is 3.57 Å². The van der Waals surface area contributed by atoms with Crippen molar-refractivity contribution in [2.75, 3.05) is 19.5 Å². The van der Waals surface area contributed by atoms with Gasteiger partial charge in [-0.1, -0.05) is 0 Å². The van der Waals surface area contributed by atoms with Gasteiger partial charge in [-0.05, 0) is 34.7 Å². The van der Waals surface area contributed by atoms with Crippen LogP contribution in [0.1, 0.15) is 0 Å². The lowest BCUT2D eigenvalue weighted by Crippen LogP contribution is -2.13. The van der Waals surface area contributed by atoms with Crippen LogP contribution in [0.3, 0.4) is 0 Å². The zero-order chi connectivity index (χ0) is 13.8. The van der Waals surface area contributed by atoms with Crippen LogP contribution in [-0.4, -0.2) is 24.2 Å². The molecule has 0 aliphatic carbocycles. The summed E-state index contributed by atoms with van der Waals surface area (Å²) in [6, 6.07) is 5.35. The van der Waals surface area contributed by atoms with Crippen molar-refractivity contribution in [3.8, 4) is 11.5 Å². The molecule has 0 aliphatic heterocycles. The van der Waals surface area contributed by atoms with Gasteiger partial charge in [-0.15, -0.1) is 0 Å². The fourth-order valence-electron chi connectivity index (χ4n) is 1.50. The average Bonchev–Trinajstić information content (AvgIpc) is 2.44. The molecule has 0 atom stereocenters. The molecule has 0 bridgehead atoms. The molecule has 100 valence electrons. The Bertz CT molecular complexity index is 642. The number of methoxy groups -OCH3 is 2. The van der Waals surface area contributed by atoms with Gasteiger partial charge in [0.2, 0.25) is 0 Å². The van der Waals surface area contributed by atoms with Crippen LogP contribution >= 0.6 is 22.6 Å². The van der Waals surface area contributed by atoms with Gasteiger partial charge in [-0.25, -0.2) is 4.98 Å². The van der Waals surface area contributed by atoms with E-state index in [0.717, 1.165) is 0 Å². The molecule has 1 aromatic heterocycles. The van der Waals surface area contributed by atoms with Crippen molar-refractivity contribution in [1.82, 2.24) is 9.97 Å². The average molecular weight is 373 g/mol. The number of aromatic amines is 1. The van der Waals surface area contributed by atoms with Gasteiger partial charge in [0.25, 0.3) is 5.56 Å². The highest BCUT2D eigenvalue weighted by Gasteiger charge is 2.09. The summed E-state index contributed by atoms with van der Waals surface area (Å²) in [5.41, 5.74) is 0.518. The van der Waals surface area contributed by atoms with E-state index in [1.54, 1.807) is 32.4 Å². The second kappa shape index (κ2) is 5.91. The molecule has 2 aromatic rings. The molecular weight excluding hydrogens is 361 g/mol. The Hall–Kier alpha value is -1.77. The summed E-state index contributed by atoms with van der Waals surface area (Å²) in [7, 11) is 3.15. The minimum Gasteiger partial charge on any atom is -0.497 e. The van der Waals surface area contributed by atoms with Crippen molar-refractivity contribution in [2.45, 2.75) is 0 Å². The normalized spacial score (nSPS) is 10.1. The van der Waals surface area contributed by atoms with Gasteiger partial charge in [-0.2, -0.15) is 0 Å². The van der Waals surface area contributed by atoms with E-state index in [2.05, 4.69) is 15.3 Å². The van der Waals surface area contributed by atoms with Gasteiger partial charge in [0.15, 0.2) is 5.82 Å². The van der Waals surface area contributed by atoms with E-state index in [0.29, 0.717) is 26.6 Å². The predicted octanol–water partition coefficient (Wildman–Crippen LogP) is 2.14. The molecule has 0 spiro atoms. The minimum atomic E-state index is -0.189. The van der Waals surface area contributed by atoms with Crippen molar-refractivity contribution >= 4 is 34.1 Å². The number of benzene rings is 1. The predicted molar refractivity (Wildman–Crippen MR) is 80.4 cm³/mol. The third-order valence-electron chi connectivity index (χ3n) is 2.46. The molecule has 0 saturated heterocycles. The molecule has 0 aliphatic rings. The minimum absolute atomic E-state index is 0.189. The topological polar surface area (TPSA) is 76.2 Å². The number of rotatable bonds is 4. The maximum Gasteiger partial charge on any atom is 0.266 e. The lowest BCUT2D eigenvalue weighted by atomic mass is 10.2. The Balaban J connectivity index is 2.38. The molecule has 2 N–H and O–H groups in total. The number of hydrogen-bond acceptors (Lipinski definition) is 5. The summed E-state index contributed by atoms with van der Waals surface area (Å²) >= 11 is 1.94. The molecule has 0 amide bonds. The van der Waals surface area contributed by atoms with Gasteiger partial charge in [0.1, 0.15) is 15.1 Å². The Kier molecular flexibility index (Phi) is 4.25. The molecule has 19 heavy (non-hydrogen) atoms. The third-order valence-corrected chi connectivity index (χ3v) is 3.46. The zero-order valence-corrected chi connectivity index (χ0v) is 12.5. The highest BCUT2D eigenvalue weighted by atomic mass is 127. The van der Waals surface area contributed by atoms with Crippen molar-refractivity contribution in [2.24, 2.45) is 0 Å². The van der Waals surface area contributed by atoms with Crippen molar-refractivity contribution < 1.29 is 9.47 Å². The molecule has 7 heteroatoms. The lowest BCUT2D eigenvalue weighted by molar-refractivity contribution is 0.395. The van der Waals surface area contributed by atoms with Crippen LogP contribution in [0.25, 0.3) is 0 Å². The van der Waals surface area contributed by atoms with E-state index in [-0.39, 0.29) is 5.56 Å². The smallest absolute Gasteiger partial charge is 0.266 e. The van der Waals surface area contributed by atoms with Gasteiger partial charge in [0.05, 0.1) is 26.2 Å². The lowest BCUT2D eigenvalue weighted by Gasteiger charge is -2.12. The molecule has 1 heterocycles. The monoisotopic (exact) mass is 373 g/mol. The Morgan fingerprint density at radius 3 is 2.79 bits per heavy atom. The van der Waals surface area contributed by atoms with Crippen LogP contribution in [-0.2, 0) is 0 Å². The Labute approximate surface area is 123 Å². The number of halogens is 1. The fourth-order valence-corrected chi connectivity index (χ4v) is 1.93. The van der Waals surface area contributed by atoms with E-state index < -0.39 is 0 Å². The first-order valence-electron chi connectivity index (χ1n) is 5.38. The summed E-state index contributed by atoms with van der Waals surface area (Å²) in [6.07, 6.45) is 1.35. The van der Waals surface area contributed by atoms with Crippen LogP contribution in [0.2, 0.25) is 0 Å². The summed E-state index contributed by atoms with van der Waals surface area (Å²) in [6.45, 7) is 0. The number of hydrogen-bond donors (Lipinski definition) is 2. The van der Waals surface area contributed by atoms with Gasteiger partial charge < -0.3 is 19.8 Å². The quantitative estimate of drug-likeness (QED) is 0.804. The molecule has 0 unspecified atom stereocenters. The summed E-state index contributed by atoms with van der Waals surface area (Å²) in [5.74, 6) is 1.78. The van der Waals surface area contributed by atoms with E-state index in [9.17, 15) is 4.79 Å². The highest BCUT2D eigenvalue weighted by molar-refractivity contribution is 14.1. The number of nitrogens with zero attached hydrogens (tertiary/aromatic N) is 1. The van der Waals surface area contributed by atoms with E-state index in [1.165, 1.54) is 6.33 Å². The third kappa shape index (κ3) is 2.98. The van der Waals surface area contributed by atoms with E-state index in [4.69, 9.17) is 9.47 Å². The van der Waals surface area contributed by atoms with E-state index in [1.807, 2.05) is 22.6 Å². The SMILES string of the molecule is COc1ccc(Nc2nc[nH]c(=O)c2I)c(OC)c1. The van der Waals surface area contributed by atoms with Gasteiger partial charge >= 0.3 is 0 Å². The first-order valence-corrected chi connectivity index (χ1v) is 6.46. The van der Waals surface area contributed by atoms with Crippen LogP contribution < -0.4 is 20.3 Å².